The van der Waals surface area contributed by atoms with Crippen molar-refractivity contribution in [3.05, 3.63) is 65.5 Å². The van der Waals surface area contributed by atoms with Crippen LogP contribution in [0, 0.1) is 24.5 Å². The Hall–Kier alpha value is -3.82. The molecule has 2 aromatic heterocycles. The van der Waals surface area contributed by atoms with E-state index in [0.29, 0.717) is 35.4 Å². The summed E-state index contributed by atoms with van der Waals surface area (Å²) in [6, 6.07) is 7.05. The maximum Gasteiger partial charge on any atom is 0.295 e. The van der Waals surface area contributed by atoms with Gasteiger partial charge in [-0.1, -0.05) is 13.0 Å². The minimum absolute atomic E-state index is 0.0485. The lowest BCUT2D eigenvalue weighted by Gasteiger charge is -2.40. The first kappa shape index (κ1) is 22.0. The normalized spacial score (nSPS) is 18.4. The molecule has 0 saturated carbocycles. The third kappa shape index (κ3) is 4.00. The van der Waals surface area contributed by atoms with Crippen LogP contribution >= 0.6 is 0 Å². The van der Waals surface area contributed by atoms with Crippen LogP contribution in [0.1, 0.15) is 35.7 Å². The van der Waals surface area contributed by atoms with Crippen LogP contribution in [0.15, 0.2) is 47.1 Å². The third-order valence-corrected chi connectivity index (χ3v) is 6.35. The number of benzene rings is 2. The Morgan fingerprint density at radius 2 is 2.00 bits per heavy atom. The number of anilines is 1. The summed E-state index contributed by atoms with van der Waals surface area (Å²) in [7, 11) is 0. The van der Waals surface area contributed by atoms with E-state index in [1.54, 1.807) is 17.9 Å². The Bertz CT molecular complexity index is 1340. The Kier molecular flexibility index (Phi) is 5.72. The number of oxazole rings is 1. The second kappa shape index (κ2) is 8.85. The lowest BCUT2D eigenvalue weighted by atomic mass is 9.89. The second-order valence-electron chi connectivity index (χ2n) is 8.60. The molecule has 0 bridgehead atoms. The molecule has 34 heavy (non-hydrogen) atoms. The summed E-state index contributed by atoms with van der Waals surface area (Å²) < 4.78 is 34.2. The number of nitrogens with one attached hydrogen (secondary N) is 1. The molecule has 0 unspecified atom stereocenters. The second-order valence-corrected chi connectivity index (χ2v) is 8.60. The van der Waals surface area contributed by atoms with Gasteiger partial charge in [0.1, 0.15) is 28.4 Å². The molecule has 10 heteroatoms. The van der Waals surface area contributed by atoms with Crippen LogP contribution in [0.25, 0.3) is 16.8 Å². The van der Waals surface area contributed by atoms with Crippen LogP contribution in [0.4, 0.5) is 14.8 Å². The van der Waals surface area contributed by atoms with Crippen LogP contribution in [0.2, 0.25) is 0 Å². The molecule has 8 nitrogen and oxygen atoms in total. The molecule has 176 valence electrons. The molecule has 5 rings (SSSR count). The van der Waals surface area contributed by atoms with Gasteiger partial charge in [0.15, 0.2) is 5.58 Å². The maximum absolute atomic E-state index is 15.1. The number of rotatable bonds is 5. The zero-order chi connectivity index (χ0) is 23.8. The third-order valence-electron chi connectivity index (χ3n) is 6.35. The average molecular weight is 466 g/mol. The molecule has 1 amide bonds. The highest BCUT2D eigenvalue weighted by Crippen LogP contribution is 2.29. The summed E-state index contributed by atoms with van der Waals surface area (Å²) in [6.45, 7) is 4.71. The van der Waals surface area contributed by atoms with E-state index in [9.17, 15) is 9.18 Å². The SMILES string of the molecule is Cc1ccc(F)c(C(=O)N2CCC[C@@H](C)[C@H]2CNc2nc3cc(F)ccc3o2)c1-n1nccn1. The number of hydrogen-bond donors (Lipinski definition) is 1. The van der Waals surface area contributed by atoms with Crippen LogP contribution in [-0.4, -0.2) is 49.9 Å². The average Bonchev–Trinajstić information content (AvgIpc) is 3.48. The minimum Gasteiger partial charge on any atom is -0.424 e. The number of nitrogens with zero attached hydrogens (tertiary/aromatic N) is 5. The number of carbonyl (C=O) groups excluding carboxylic acids is 1. The quantitative estimate of drug-likeness (QED) is 0.471. The van der Waals surface area contributed by atoms with E-state index in [-0.39, 0.29) is 23.5 Å². The molecular weight excluding hydrogens is 442 g/mol. The molecule has 4 aromatic rings. The van der Waals surface area contributed by atoms with Gasteiger partial charge in [-0.25, -0.2) is 8.78 Å². The lowest BCUT2D eigenvalue weighted by Crippen LogP contribution is -2.51. The van der Waals surface area contributed by atoms with Gasteiger partial charge in [0.05, 0.1) is 18.4 Å². The van der Waals surface area contributed by atoms with Crippen LogP contribution < -0.4 is 5.32 Å². The van der Waals surface area contributed by atoms with Gasteiger partial charge in [-0.15, -0.1) is 0 Å². The predicted molar refractivity (Wildman–Crippen MR) is 122 cm³/mol. The minimum atomic E-state index is -0.617. The molecule has 1 aliphatic heterocycles. The van der Waals surface area contributed by atoms with E-state index >= 15 is 4.39 Å². The molecule has 1 N–H and O–H groups in total. The highest BCUT2D eigenvalue weighted by atomic mass is 19.1. The first-order valence-electron chi connectivity index (χ1n) is 11.2. The molecule has 1 fully saturated rings. The number of aromatic nitrogens is 4. The van der Waals surface area contributed by atoms with Crippen LogP contribution in [0.5, 0.6) is 0 Å². The van der Waals surface area contributed by atoms with E-state index in [0.717, 1.165) is 12.8 Å². The highest BCUT2D eigenvalue weighted by Gasteiger charge is 2.35. The number of fused-ring (bicyclic) bond motifs is 1. The highest BCUT2D eigenvalue weighted by molar-refractivity contribution is 5.98. The number of carbonyl (C=O) groups is 1. The van der Waals surface area contributed by atoms with Gasteiger partial charge < -0.3 is 14.6 Å². The van der Waals surface area contributed by atoms with E-state index < -0.39 is 17.5 Å². The summed E-state index contributed by atoms with van der Waals surface area (Å²) in [4.78, 5) is 21.0. The van der Waals surface area contributed by atoms with Crippen molar-refractivity contribution in [2.75, 3.05) is 18.4 Å². The Labute approximate surface area is 194 Å². The van der Waals surface area contributed by atoms with Gasteiger partial charge in [-0.2, -0.15) is 20.0 Å². The van der Waals surface area contributed by atoms with E-state index in [1.165, 1.54) is 41.5 Å². The number of likely N-dealkylation sites (tertiary alicyclic amines) is 1. The number of amides is 1. The number of piperidine rings is 1. The Morgan fingerprint density at radius 1 is 1.21 bits per heavy atom. The predicted octanol–water partition coefficient (Wildman–Crippen LogP) is 4.35. The fourth-order valence-corrected chi connectivity index (χ4v) is 4.59. The van der Waals surface area contributed by atoms with Crippen molar-refractivity contribution in [2.45, 2.75) is 32.7 Å². The van der Waals surface area contributed by atoms with Crippen molar-refractivity contribution >= 4 is 23.0 Å². The summed E-state index contributed by atoms with van der Waals surface area (Å²) in [6.07, 6.45) is 4.72. The molecule has 1 saturated heterocycles. The van der Waals surface area contributed by atoms with Gasteiger partial charge in [-0.3, -0.25) is 4.79 Å². The smallest absolute Gasteiger partial charge is 0.295 e. The van der Waals surface area contributed by atoms with Gasteiger partial charge >= 0.3 is 0 Å². The van der Waals surface area contributed by atoms with E-state index in [4.69, 9.17) is 4.42 Å². The number of aryl methyl sites for hydroxylation is 1. The molecule has 0 spiro atoms. The van der Waals surface area contributed by atoms with Crippen LogP contribution in [-0.2, 0) is 0 Å². The van der Waals surface area contributed by atoms with Crippen molar-refractivity contribution in [1.29, 1.82) is 0 Å². The standard InChI is InChI=1S/C24H24F2N6O2/c1-14-4-3-11-31(19(14)13-27-24-30-18-12-16(25)6-8-20(18)34-24)23(33)21-17(26)7-5-15(2)22(21)32-28-9-10-29-32/h5-10,12,14,19H,3-4,11,13H2,1-2H3,(H,27,30)/t14-,19-/m1/s1. The maximum atomic E-state index is 15.1. The van der Waals surface area contributed by atoms with Crippen molar-refractivity contribution in [3.8, 4) is 5.69 Å². The summed E-state index contributed by atoms with van der Waals surface area (Å²) in [5.74, 6) is -1.26. The van der Waals surface area contributed by atoms with Gasteiger partial charge in [0.2, 0.25) is 0 Å². The lowest BCUT2D eigenvalue weighted by molar-refractivity contribution is 0.0534. The van der Waals surface area contributed by atoms with E-state index in [2.05, 4.69) is 27.4 Å². The zero-order valence-corrected chi connectivity index (χ0v) is 18.8. The van der Waals surface area contributed by atoms with Crippen molar-refractivity contribution in [2.24, 2.45) is 5.92 Å². The molecule has 1 aliphatic rings. The first-order valence-corrected chi connectivity index (χ1v) is 11.2. The van der Waals surface area contributed by atoms with Crippen molar-refractivity contribution in [1.82, 2.24) is 24.9 Å². The monoisotopic (exact) mass is 466 g/mol. The topological polar surface area (TPSA) is 89.1 Å². The Morgan fingerprint density at radius 3 is 2.79 bits per heavy atom. The molecule has 2 aromatic carbocycles. The number of hydrogen-bond acceptors (Lipinski definition) is 6. The molecule has 0 radical (unpaired) electrons. The fraction of sp³-hybridized carbons (Fsp3) is 0.333. The van der Waals surface area contributed by atoms with E-state index in [1.807, 2.05) is 0 Å². The Balaban J connectivity index is 1.44. The van der Waals surface area contributed by atoms with Crippen molar-refractivity contribution < 1.29 is 18.0 Å². The molecule has 2 atom stereocenters. The summed E-state index contributed by atoms with van der Waals surface area (Å²) in [5.41, 5.74) is 1.85. The van der Waals surface area contributed by atoms with Gasteiger partial charge in [0, 0.05) is 19.2 Å². The fourth-order valence-electron chi connectivity index (χ4n) is 4.59. The van der Waals surface area contributed by atoms with Gasteiger partial charge in [0.25, 0.3) is 11.9 Å². The largest absolute Gasteiger partial charge is 0.424 e. The molecular formula is C24H24F2N6O2. The first-order chi connectivity index (χ1) is 16.4. The summed E-state index contributed by atoms with van der Waals surface area (Å²) in [5, 5.41) is 11.4. The summed E-state index contributed by atoms with van der Waals surface area (Å²) >= 11 is 0. The number of halogens is 2. The molecule has 0 aliphatic carbocycles. The molecule has 3 heterocycles. The van der Waals surface area contributed by atoms with Crippen LogP contribution in [0.3, 0.4) is 0 Å². The zero-order valence-electron chi connectivity index (χ0n) is 18.8. The van der Waals surface area contributed by atoms with Gasteiger partial charge in [-0.05, 0) is 49.4 Å². The van der Waals surface area contributed by atoms with Crippen molar-refractivity contribution in [3.63, 3.8) is 0 Å².